The van der Waals surface area contributed by atoms with E-state index in [1.54, 1.807) is 0 Å². The Hall–Kier alpha value is -2.24. The molecular formula is C18H20N4O. The number of aromatic nitrogens is 3. The van der Waals surface area contributed by atoms with E-state index in [2.05, 4.69) is 50.3 Å². The number of morpholine rings is 1. The Bertz CT molecular complexity index is 787. The van der Waals surface area contributed by atoms with Crippen LogP contribution in [-0.2, 0) is 11.3 Å². The van der Waals surface area contributed by atoms with Gasteiger partial charge >= 0.3 is 0 Å². The van der Waals surface area contributed by atoms with Crippen molar-refractivity contribution >= 4 is 10.8 Å². The first kappa shape index (κ1) is 14.4. The number of hydrogen-bond donors (Lipinski definition) is 1. The number of imidazole rings is 1. The third-order valence-electron chi connectivity index (χ3n) is 4.35. The van der Waals surface area contributed by atoms with Gasteiger partial charge in [-0.1, -0.05) is 18.2 Å². The second-order valence-corrected chi connectivity index (χ2v) is 5.86. The highest BCUT2D eigenvalue weighted by Crippen LogP contribution is 2.27. The number of aryl methyl sites for hydroxylation is 1. The van der Waals surface area contributed by atoms with Crippen molar-refractivity contribution in [3.63, 3.8) is 0 Å². The zero-order chi connectivity index (χ0) is 15.5. The predicted molar refractivity (Wildman–Crippen MR) is 90.2 cm³/mol. The minimum Gasteiger partial charge on any atom is -0.379 e. The van der Waals surface area contributed by atoms with E-state index < -0.39 is 0 Å². The van der Waals surface area contributed by atoms with Crippen LogP contribution >= 0.6 is 0 Å². The molecule has 1 aliphatic heterocycles. The van der Waals surface area contributed by atoms with Crippen LogP contribution < -0.4 is 5.32 Å². The Labute approximate surface area is 135 Å². The lowest BCUT2D eigenvalue weighted by Gasteiger charge is -2.24. The van der Waals surface area contributed by atoms with Crippen molar-refractivity contribution in [2.75, 3.05) is 19.8 Å². The lowest BCUT2D eigenvalue weighted by molar-refractivity contribution is 0.0728. The second-order valence-electron chi connectivity index (χ2n) is 5.86. The van der Waals surface area contributed by atoms with E-state index in [1.165, 1.54) is 5.39 Å². The van der Waals surface area contributed by atoms with Crippen molar-refractivity contribution in [1.29, 1.82) is 0 Å². The SMILES string of the molecule is c1cc(-c2nccn2CCC2COCCN2)c2ccncc2c1. The summed E-state index contributed by atoms with van der Waals surface area (Å²) in [5, 5.41) is 5.83. The number of ether oxygens (including phenoxy) is 1. The quantitative estimate of drug-likeness (QED) is 0.804. The molecule has 23 heavy (non-hydrogen) atoms. The van der Waals surface area contributed by atoms with E-state index in [0.717, 1.165) is 49.5 Å². The summed E-state index contributed by atoms with van der Waals surface area (Å²) in [5.74, 6) is 1.01. The summed E-state index contributed by atoms with van der Waals surface area (Å²) in [5.41, 5.74) is 1.16. The number of hydrogen-bond acceptors (Lipinski definition) is 4. The maximum absolute atomic E-state index is 5.53. The molecule has 3 aromatic rings. The van der Waals surface area contributed by atoms with Crippen molar-refractivity contribution in [3.8, 4) is 11.4 Å². The van der Waals surface area contributed by atoms with Crippen LogP contribution in [0.5, 0.6) is 0 Å². The van der Waals surface area contributed by atoms with Crippen molar-refractivity contribution in [3.05, 3.63) is 49.1 Å². The summed E-state index contributed by atoms with van der Waals surface area (Å²) in [6, 6.07) is 8.76. The molecule has 2 aromatic heterocycles. The molecule has 0 radical (unpaired) electrons. The predicted octanol–water partition coefficient (Wildman–Crippen LogP) is 2.48. The molecule has 0 saturated carbocycles. The first-order valence-electron chi connectivity index (χ1n) is 8.07. The molecule has 1 atom stereocenters. The molecule has 118 valence electrons. The molecule has 1 N–H and O–H groups in total. The third kappa shape index (κ3) is 2.98. The van der Waals surface area contributed by atoms with Crippen molar-refractivity contribution in [2.45, 2.75) is 19.0 Å². The zero-order valence-electron chi connectivity index (χ0n) is 13.0. The van der Waals surface area contributed by atoms with E-state index in [0.29, 0.717) is 6.04 Å². The molecule has 4 rings (SSSR count). The Balaban J connectivity index is 1.61. The molecule has 5 nitrogen and oxygen atoms in total. The monoisotopic (exact) mass is 308 g/mol. The first-order chi connectivity index (χ1) is 11.4. The van der Waals surface area contributed by atoms with Crippen molar-refractivity contribution in [1.82, 2.24) is 19.9 Å². The molecule has 1 aliphatic rings. The van der Waals surface area contributed by atoms with Crippen LogP contribution in [0.25, 0.3) is 22.2 Å². The zero-order valence-corrected chi connectivity index (χ0v) is 13.0. The molecule has 0 spiro atoms. The highest BCUT2D eigenvalue weighted by molar-refractivity contribution is 5.94. The Morgan fingerprint density at radius 2 is 2.26 bits per heavy atom. The standard InChI is InChI=1S/C18H20N4O/c1-2-14-12-19-6-4-16(14)17(3-1)18-21-7-10-22(18)9-5-15-13-23-11-8-20-15/h1-4,6-7,10,12,15,20H,5,8-9,11,13H2. The van der Waals surface area contributed by atoms with Gasteiger partial charge < -0.3 is 14.6 Å². The van der Waals surface area contributed by atoms with Gasteiger partial charge in [-0.3, -0.25) is 4.98 Å². The van der Waals surface area contributed by atoms with E-state index in [1.807, 2.05) is 18.6 Å². The number of fused-ring (bicyclic) bond motifs is 1. The Morgan fingerprint density at radius 3 is 3.17 bits per heavy atom. The summed E-state index contributed by atoms with van der Waals surface area (Å²) in [4.78, 5) is 8.80. The number of nitrogens with one attached hydrogen (secondary N) is 1. The fourth-order valence-corrected chi connectivity index (χ4v) is 3.15. The Kier molecular flexibility index (Phi) is 4.05. The van der Waals surface area contributed by atoms with E-state index in [9.17, 15) is 0 Å². The van der Waals surface area contributed by atoms with Gasteiger partial charge in [0.2, 0.25) is 0 Å². The summed E-state index contributed by atoms with van der Waals surface area (Å²) in [6.07, 6.45) is 8.70. The van der Waals surface area contributed by atoms with Crippen molar-refractivity contribution < 1.29 is 4.74 Å². The molecule has 3 heterocycles. The van der Waals surface area contributed by atoms with Gasteiger partial charge in [0.15, 0.2) is 0 Å². The van der Waals surface area contributed by atoms with Gasteiger partial charge in [0.05, 0.1) is 13.2 Å². The smallest absolute Gasteiger partial charge is 0.140 e. The van der Waals surface area contributed by atoms with Crippen molar-refractivity contribution in [2.24, 2.45) is 0 Å². The molecule has 5 heteroatoms. The van der Waals surface area contributed by atoms with E-state index in [-0.39, 0.29) is 0 Å². The lowest BCUT2D eigenvalue weighted by Crippen LogP contribution is -2.41. The van der Waals surface area contributed by atoms with Crippen LogP contribution in [0.1, 0.15) is 6.42 Å². The van der Waals surface area contributed by atoms with Gasteiger partial charge in [-0.15, -0.1) is 0 Å². The third-order valence-corrected chi connectivity index (χ3v) is 4.35. The average molecular weight is 308 g/mol. The highest BCUT2D eigenvalue weighted by atomic mass is 16.5. The van der Waals surface area contributed by atoms with E-state index in [4.69, 9.17) is 4.74 Å². The topological polar surface area (TPSA) is 52.0 Å². The molecule has 1 fully saturated rings. The van der Waals surface area contributed by atoms with Gasteiger partial charge in [0.1, 0.15) is 5.82 Å². The number of nitrogens with zero attached hydrogens (tertiary/aromatic N) is 3. The number of benzene rings is 1. The highest BCUT2D eigenvalue weighted by Gasteiger charge is 2.14. The van der Waals surface area contributed by atoms with Crippen LogP contribution in [0, 0.1) is 0 Å². The van der Waals surface area contributed by atoms with Crippen LogP contribution in [0.15, 0.2) is 49.1 Å². The molecule has 0 bridgehead atoms. The maximum Gasteiger partial charge on any atom is 0.140 e. The van der Waals surface area contributed by atoms with Crippen LogP contribution in [0.4, 0.5) is 0 Å². The van der Waals surface area contributed by atoms with Gasteiger partial charge in [0.25, 0.3) is 0 Å². The van der Waals surface area contributed by atoms with Gasteiger partial charge in [0, 0.05) is 54.9 Å². The fourth-order valence-electron chi connectivity index (χ4n) is 3.15. The van der Waals surface area contributed by atoms with Crippen LogP contribution in [0.2, 0.25) is 0 Å². The minimum absolute atomic E-state index is 0.427. The number of pyridine rings is 1. The molecular weight excluding hydrogens is 288 g/mol. The lowest BCUT2D eigenvalue weighted by atomic mass is 10.1. The molecule has 1 unspecified atom stereocenters. The normalized spacial score (nSPS) is 18.3. The second kappa shape index (κ2) is 6.48. The van der Waals surface area contributed by atoms with Gasteiger partial charge in [-0.05, 0) is 17.9 Å². The average Bonchev–Trinajstić information content (AvgIpc) is 3.09. The summed E-state index contributed by atoms with van der Waals surface area (Å²) >= 11 is 0. The largest absolute Gasteiger partial charge is 0.379 e. The minimum atomic E-state index is 0.427. The summed E-state index contributed by atoms with van der Waals surface area (Å²) < 4.78 is 7.76. The van der Waals surface area contributed by atoms with Gasteiger partial charge in [-0.2, -0.15) is 0 Å². The fraction of sp³-hybridized carbons (Fsp3) is 0.333. The molecule has 1 aromatic carbocycles. The molecule has 1 saturated heterocycles. The summed E-state index contributed by atoms with van der Waals surface area (Å²) in [7, 11) is 0. The molecule has 0 amide bonds. The van der Waals surface area contributed by atoms with Gasteiger partial charge in [-0.25, -0.2) is 4.98 Å². The summed E-state index contributed by atoms with van der Waals surface area (Å²) in [6.45, 7) is 3.48. The number of rotatable bonds is 4. The van der Waals surface area contributed by atoms with Crippen LogP contribution in [0.3, 0.4) is 0 Å². The van der Waals surface area contributed by atoms with Crippen LogP contribution in [-0.4, -0.2) is 40.3 Å². The maximum atomic E-state index is 5.53. The molecule has 0 aliphatic carbocycles. The first-order valence-corrected chi connectivity index (χ1v) is 8.07. The van der Waals surface area contributed by atoms with E-state index >= 15 is 0 Å². The Morgan fingerprint density at radius 1 is 1.26 bits per heavy atom.